The Morgan fingerprint density at radius 3 is 2.64 bits per heavy atom. The summed E-state index contributed by atoms with van der Waals surface area (Å²) in [7, 11) is 0. The zero-order valence-electron chi connectivity index (χ0n) is 15.9. The zero-order chi connectivity index (χ0) is 17.9. The quantitative estimate of drug-likeness (QED) is 0.768. The highest BCUT2D eigenvalue weighted by Gasteiger charge is 2.37. The summed E-state index contributed by atoms with van der Waals surface area (Å²) in [6.45, 7) is 8.33. The van der Waals surface area contributed by atoms with E-state index in [4.69, 9.17) is 4.52 Å². The second-order valence-corrected chi connectivity index (χ2v) is 8.30. The monoisotopic (exact) mass is 348 g/mol. The number of carbonyl (C=O) groups is 1. The van der Waals surface area contributed by atoms with E-state index in [9.17, 15) is 4.79 Å². The molecule has 0 spiro atoms. The standard InChI is InChI=1S/C19H32N4O2/c1-4-23(12-16-21-17(25-22-16)15-7-5-8-15)18(24)20-13-19(9-6-10-19)11-14(2)3/h14-15H,4-13H2,1-3H3,(H,20,24). The minimum atomic E-state index is -0.0208. The van der Waals surface area contributed by atoms with Gasteiger partial charge in [0.05, 0.1) is 6.54 Å². The summed E-state index contributed by atoms with van der Waals surface area (Å²) in [5.41, 5.74) is 0.312. The van der Waals surface area contributed by atoms with E-state index in [1.165, 1.54) is 32.1 Å². The fraction of sp³-hybridized carbons (Fsp3) is 0.842. The molecule has 1 aromatic heterocycles. The van der Waals surface area contributed by atoms with Crippen LogP contribution in [-0.2, 0) is 6.54 Å². The maximum Gasteiger partial charge on any atom is 0.317 e. The Kier molecular flexibility index (Phi) is 5.64. The first-order chi connectivity index (χ1) is 12.0. The van der Waals surface area contributed by atoms with Gasteiger partial charge < -0.3 is 14.7 Å². The molecule has 25 heavy (non-hydrogen) atoms. The number of nitrogens with one attached hydrogen (secondary N) is 1. The van der Waals surface area contributed by atoms with E-state index in [1.54, 1.807) is 4.90 Å². The van der Waals surface area contributed by atoms with Crippen molar-refractivity contribution in [1.82, 2.24) is 20.4 Å². The molecule has 3 rings (SSSR count). The van der Waals surface area contributed by atoms with Crippen LogP contribution in [0.15, 0.2) is 4.52 Å². The minimum absolute atomic E-state index is 0.0208. The topological polar surface area (TPSA) is 71.3 Å². The van der Waals surface area contributed by atoms with Crippen molar-refractivity contribution in [3.63, 3.8) is 0 Å². The van der Waals surface area contributed by atoms with E-state index in [0.29, 0.717) is 36.2 Å². The van der Waals surface area contributed by atoms with Crippen molar-refractivity contribution in [2.45, 2.75) is 78.2 Å². The Morgan fingerprint density at radius 2 is 2.12 bits per heavy atom. The molecule has 0 aliphatic heterocycles. The number of rotatable bonds is 8. The maximum atomic E-state index is 12.6. The summed E-state index contributed by atoms with van der Waals surface area (Å²) in [4.78, 5) is 18.8. The Bertz CT molecular complexity index is 576. The largest absolute Gasteiger partial charge is 0.339 e. The Labute approximate surface area is 150 Å². The lowest BCUT2D eigenvalue weighted by molar-refractivity contribution is 0.0969. The Balaban J connectivity index is 1.51. The van der Waals surface area contributed by atoms with Crippen LogP contribution < -0.4 is 5.32 Å². The zero-order valence-corrected chi connectivity index (χ0v) is 15.9. The van der Waals surface area contributed by atoms with Crippen molar-refractivity contribution in [2.75, 3.05) is 13.1 Å². The van der Waals surface area contributed by atoms with Crippen LogP contribution >= 0.6 is 0 Å². The summed E-state index contributed by atoms with van der Waals surface area (Å²) in [6.07, 6.45) is 8.45. The van der Waals surface area contributed by atoms with Crippen LogP contribution in [-0.4, -0.2) is 34.2 Å². The van der Waals surface area contributed by atoms with Crippen LogP contribution in [0.5, 0.6) is 0 Å². The number of hydrogen-bond donors (Lipinski definition) is 1. The van der Waals surface area contributed by atoms with Crippen LogP contribution in [0.4, 0.5) is 4.79 Å². The van der Waals surface area contributed by atoms with E-state index in [2.05, 4.69) is 29.3 Å². The Morgan fingerprint density at radius 1 is 1.36 bits per heavy atom. The molecule has 0 bridgehead atoms. The van der Waals surface area contributed by atoms with Crippen molar-refractivity contribution in [1.29, 1.82) is 0 Å². The molecule has 140 valence electrons. The number of hydrogen-bond acceptors (Lipinski definition) is 4. The van der Waals surface area contributed by atoms with Crippen LogP contribution in [0, 0.1) is 11.3 Å². The van der Waals surface area contributed by atoms with Gasteiger partial charge in [-0.15, -0.1) is 0 Å². The van der Waals surface area contributed by atoms with Gasteiger partial charge in [-0.25, -0.2) is 4.79 Å². The van der Waals surface area contributed by atoms with Crippen molar-refractivity contribution in [3.05, 3.63) is 11.7 Å². The van der Waals surface area contributed by atoms with E-state index in [1.807, 2.05) is 6.92 Å². The summed E-state index contributed by atoms with van der Waals surface area (Å²) in [6, 6.07) is -0.0208. The van der Waals surface area contributed by atoms with Crippen molar-refractivity contribution < 1.29 is 9.32 Å². The first-order valence-electron chi connectivity index (χ1n) is 9.86. The summed E-state index contributed by atoms with van der Waals surface area (Å²) in [5, 5.41) is 7.21. The lowest BCUT2D eigenvalue weighted by atomic mass is 9.64. The first kappa shape index (κ1) is 18.2. The highest BCUT2D eigenvalue weighted by molar-refractivity contribution is 5.74. The number of nitrogens with zero attached hydrogens (tertiary/aromatic N) is 3. The average Bonchev–Trinajstić information content (AvgIpc) is 2.93. The van der Waals surface area contributed by atoms with Crippen molar-refractivity contribution in [3.8, 4) is 0 Å². The van der Waals surface area contributed by atoms with Gasteiger partial charge >= 0.3 is 6.03 Å². The highest BCUT2D eigenvalue weighted by atomic mass is 16.5. The molecule has 1 N–H and O–H groups in total. The van der Waals surface area contributed by atoms with E-state index >= 15 is 0 Å². The SMILES string of the molecule is CCN(Cc1noc(C2CCC2)n1)C(=O)NCC1(CC(C)C)CCC1. The van der Waals surface area contributed by atoms with Gasteiger partial charge in [0.1, 0.15) is 0 Å². The van der Waals surface area contributed by atoms with Gasteiger partial charge in [-0.1, -0.05) is 31.8 Å². The molecule has 6 heteroatoms. The fourth-order valence-corrected chi connectivity index (χ4v) is 4.02. The molecule has 2 aliphatic carbocycles. The van der Waals surface area contributed by atoms with E-state index in [0.717, 1.165) is 25.3 Å². The smallest absolute Gasteiger partial charge is 0.317 e. The molecule has 0 atom stereocenters. The highest BCUT2D eigenvalue weighted by Crippen LogP contribution is 2.45. The van der Waals surface area contributed by atoms with Gasteiger partial charge in [0.15, 0.2) is 5.82 Å². The third-order valence-electron chi connectivity index (χ3n) is 5.81. The predicted octanol–water partition coefficient (Wildman–Crippen LogP) is 4.09. The lowest BCUT2D eigenvalue weighted by Gasteiger charge is -2.43. The second kappa shape index (κ2) is 7.75. The maximum absolute atomic E-state index is 12.6. The number of amides is 2. The molecule has 2 saturated carbocycles. The molecular weight excluding hydrogens is 316 g/mol. The Hall–Kier alpha value is -1.59. The van der Waals surface area contributed by atoms with Gasteiger partial charge in [0.25, 0.3) is 0 Å². The van der Waals surface area contributed by atoms with Crippen LogP contribution in [0.2, 0.25) is 0 Å². The third kappa shape index (κ3) is 4.33. The van der Waals surface area contributed by atoms with Crippen LogP contribution in [0.1, 0.15) is 83.3 Å². The summed E-state index contributed by atoms with van der Waals surface area (Å²) >= 11 is 0. The van der Waals surface area contributed by atoms with Gasteiger partial charge in [-0.2, -0.15) is 4.98 Å². The van der Waals surface area contributed by atoms with E-state index in [-0.39, 0.29) is 6.03 Å². The normalized spacial score (nSPS) is 19.4. The second-order valence-electron chi connectivity index (χ2n) is 8.30. The summed E-state index contributed by atoms with van der Waals surface area (Å²) in [5.74, 6) is 2.45. The number of urea groups is 1. The predicted molar refractivity (Wildman–Crippen MR) is 96.1 cm³/mol. The average molecular weight is 348 g/mol. The molecular formula is C19H32N4O2. The van der Waals surface area contributed by atoms with Crippen molar-refractivity contribution >= 4 is 6.03 Å². The molecule has 0 radical (unpaired) electrons. The molecule has 0 unspecified atom stereocenters. The molecule has 6 nitrogen and oxygen atoms in total. The van der Waals surface area contributed by atoms with Gasteiger partial charge in [0, 0.05) is 19.0 Å². The van der Waals surface area contributed by atoms with E-state index < -0.39 is 0 Å². The van der Waals surface area contributed by atoms with Gasteiger partial charge in [0.2, 0.25) is 5.89 Å². The number of aromatic nitrogens is 2. The number of carbonyl (C=O) groups excluding carboxylic acids is 1. The van der Waals surface area contributed by atoms with Gasteiger partial charge in [-0.05, 0) is 50.4 Å². The molecule has 2 aliphatic rings. The minimum Gasteiger partial charge on any atom is -0.339 e. The van der Waals surface area contributed by atoms with Crippen LogP contribution in [0.25, 0.3) is 0 Å². The van der Waals surface area contributed by atoms with Crippen LogP contribution in [0.3, 0.4) is 0 Å². The summed E-state index contributed by atoms with van der Waals surface area (Å²) < 4.78 is 5.36. The molecule has 2 fully saturated rings. The molecule has 0 aromatic carbocycles. The third-order valence-corrected chi connectivity index (χ3v) is 5.81. The van der Waals surface area contributed by atoms with Gasteiger partial charge in [-0.3, -0.25) is 0 Å². The molecule has 1 aromatic rings. The molecule has 0 saturated heterocycles. The van der Waals surface area contributed by atoms with Crippen molar-refractivity contribution in [2.24, 2.45) is 11.3 Å². The molecule has 2 amide bonds. The molecule has 1 heterocycles. The fourth-order valence-electron chi connectivity index (χ4n) is 4.02. The first-order valence-corrected chi connectivity index (χ1v) is 9.86. The lowest BCUT2D eigenvalue weighted by Crippen LogP contribution is -2.47.